The van der Waals surface area contributed by atoms with Gasteiger partial charge in [0.1, 0.15) is 0 Å². The topological polar surface area (TPSA) is 43.2 Å². The average Bonchev–Trinajstić information content (AvgIpc) is 2.29. The minimum absolute atomic E-state index is 0.0806. The first-order chi connectivity index (χ1) is 8.15. The van der Waals surface area contributed by atoms with Gasteiger partial charge in [-0.15, -0.1) is 0 Å². The number of hydrogen-bond donors (Lipinski definition) is 1. The zero-order valence-corrected chi connectivity index (χ0v) is 9.95. The van der Waals surface area contributed by atoms with Gasteiger partial charge < -0.3 is 5.32 Å². The minimum atomic E-state index is -0.0806. The van der Waals surface area contributed by atoms with Crippen molar-refractivity contribution in [1.82, 2.24) is 0 Å². The highest BCUT2D eigenvalue weighted by molar-refractivity contribution is 6.04. The van der Waals surface area contributed by atoms with Crippen LogP contribution in [0.3, 0.4) is 0 Å². The number of pyridine rings is 1. The first-order valence-electron chi connectivity index (χ1n) is 5.51. The largest absolute Gasteiger partial charge is 0.322 e. The predicted molar refractivity (Wildman–Crippen MR) is 66.9 cm³/mol. The van der Waals surface area contributed by atoms with E-state index in [0.29, 0.717) is 5.56 Å². The fourth-order valence-corrected chi connectivity index (χ4v) is 1.78. The van der Waals surface area contributed by atoms with Gasteiger partial charge in [-0.2, -0.15) is 0 Å². The van der Waals surface area contributed by atoms with Gasteiger partial charge in [-0.05, 0) is 26.0 Å². The van der Waals surface area contributed by atoms with Gasteiger partial charge in [0.25, 0.3) is 5.91 Å². The van der Waals surface area contributed by atoms with Crippen molar-refractivity contribution in [3.05, 3.63) is 59.4 Å². The van der Waals surface area contributed by atoms with E-state index in [1.54, 1.807) is 12.4 Å². The Bertz CT molecular complexity index is 515. The van der Waals surface area contributed by atoms with E-state index in [4.69, 9.17) is 0 Å². The lowest BCUT2D eigenvalue weighted by Gasteiger charge is -2.06. The number of hydrogen-bond acceptors (Lipinski definition) is 1. The summed E-state index contributed by atoms with van der Waals surface area (Å²) in [4.78, 5) is 14.9. The summed E-state index contributed by atoms with van der Waals surface area (Å²) in [6.07, 6.45) is 3.55. The molecule has 0 saturated carbocycles. The van der Waals surface area contributed by atoms with Crippen molar-refractivity contribution in [2.45, 2.75) is 13.8 Å². The summed E-state index contributed by atoms with van der Waals surface area (Å²) in [5.74, 6) is -0.0806. The van der Waals surface area contributed by atoms with Gasteiger partial charge in [0.2, 0.25) is 0 Å². The summed E-state index contributed by atoms with van der Waals surface area (Å²) < 4.78 is 0. The Morgan fingerprint density at radius 2 is 1.65 bits per heavy atom. The van der Waals surface area contributed by atoms with Crippen LogP contribution in [0, 0.1) is 13.8 Å². The summed E-state index contributed by atoms with van der Waals surface area (Å²) in [5, 5.41) is 2.85. The molecule has 3 heteroatoms. The second-order valence-electron chi connectivity index (χ2n) is 4.12. The quantitative estimate of drug-likeness (QED) is 0.841. The Balaban J connectivity index is 2.20. The molecule has 0 unspecified atom stereocenters. The fraction of sp³-hybridized carbons (Fsp3) is 0.143. The van der Waals surface area contributed by atoms with E-state index < -0.39 is 0 Å². The highest BCUT2D eigenvalue weighted by atomic mass is 16.1. The number of rotatable bonds is 2. The maximum Gasteiger partial charge on any atom is 0.255 e. The normalized spacial score (nSPS) is 10.0. The lowest BCUT2D eigenvalue weighted by Crippen LogP contribution is -2.13. The molecule has 2 rings (SSSR count). The highest BCUT2D eigenvalue weighted by Crippen LogP contribution is 2.11. The maximum atomic E-state index is 12.0. The molecule has 0 saturated heterocycles. The van der Waals surface area contributed by atoms with Crippen LogP contribution < -0.4 is 10.3 Å². The van der Waals surface area contributed by atoms with Gasteiger partial charge in [0.15, 0.2) is 12.4 Å². The number of benzene rings is 1. The Kier molecular flexibility index (Phi) is 3.19. The Hall–Kier alpha value is -2.16. The smallest absolute Gasteiger partial charge is 0.255 e. The van der Waals surface area contributed by atoms with Crippen LogP contribution in [0.15, 0.2) is 42.7 Å². The Morgan fingerprint density at radius 3 is 2.24 bits per heavy atom. The van der Waals surface area contributed by atoms with Gasteiger partial charge in [-0.25, -0.2) is 4.98 Å². The molecule has 0 fully saturated rings. The number of aromatic amines is 1. The van der Waals surface area contributed by atoms with Gasteiger partial charge in [-0.3, -0.25) is 4.79 Å². The van der Waals surface area contributed by atoms with Crippen molar-refractivity contribution in [2.75, 3.05) is 5.32 Å². The van der Waals surface area contributed by atoms with Gasteiger partial charge in [0.05, 0.1) is 5.69 Å². The van der Waals surface area contributed by atoms with E-state index in [1.165, 1.54) is 0 Å². The number of H-pyrrole nitrogens is 1. The van der Waals surface area contributed by atoms with Crippen LogP contribution in [0.2, 0.25) is 0 Å². The number of amides is 1. The van der Waals surface area contributed by atoms with Crippen LogP contribution >= 0.6 is 0 Å². The minimum Gasteiger partial charge on any atom is -0.322 e. The van der Waals surface area contributed by atoms with Crippen molar-refractivity contribution < 1.29 is 9.78 Å². The third-order valence-corrected chi connectivity index (χ3v) is 2.46. The molecule has 0 aliphatic heterocycles. The highest BCUT2D eigenvalue weighted by Gasteiger charge is 2.07. The van der Waals surface area contributed by atoms with Gasteiger partial charge in [-0.1, -0.05) is 17.2 Å². The molecule has 3 nitrogen and oxygen atoms in total. The molecule has 0 aliphatic carbocycles. The maximum absolute atomic E-state index is 12.0. The number of carbonyl (C=O) groups excluding carboxylic acids is 1. The summed E-state index contributed by atoms with van der Waals surface area (Å²) >= 11 is 0. The van der Waals surface area contributed by atoms with Crippen LogP contribution in [0.4, 0.5) is 5.69 Å². The molecule has 1 aromatic carbocycles. The summed E-state index contributed by atoms with van der Waals surface area (Å²) in [7, 11) is 0. The van der Waals surface area contributed by atoms with Crippen molar-refractivity contribution in [2.24, 2.45) is 0 Å². The van der Waals surface area contributed by atoms with E-state index in [0.717, 1.165) is 16.8 Å². The molecule has 2 N–H and O–H groups in total. The SMILES string of the molecule is Cc1cc(C)cc(C(=O)Nc2cc[nH+]cc2)c1. The molecule has 2 aromatic rings. The zero-order chi connectivity index (χ0) is 12.3. The summed E-state index contributed by atoms with van der Waals surface area (Å²) in [6, 6.07) is 9.46. The van der Waals surface area contributed by atoms with Crippen molar-refractivity contribution in [3.8, 4) is 0 Å². The first kappa shape index (κ1) is 11.3. The molecule has 17 heavy (non-hydrogen) atoms. The molecule has 0 aliphatic rings. The molecular weight excluding hydrogens is 212 g/mol. The molecule has 1 aromatic heterocycles. The molecule has 0 spiro atoms. The van der Waals surface area contributed by atoms with Gasteiger partial charge in [0, 0.05) is 17.7 Å². The third kappa shape index (κ3) is 2.91. The molecule has 86 valence electrons. The summed E-state index contributed by atoms with van der Waals surface area (Å²) in [6.45, 7) is 3.97. The molecule has 0 bridgehead atoms. The monoisotopic (exact) mass is 227 g/mol. The molecule has 0 atom stereocenters. The number of anilines is 1. The van der Waals surface area contributed by atoms with Crippen molar-refractivity contribution in [3.63, 3.8) is 0 Å². The van der Waals surface area contributed by atoms with Gasteiger partial charge >= 0.3 is 0 Å². The number of aryl methyl sites for hydroxylation is 2. The van der Waals surface area contributed by atoms with E-state index in [1.807, 2.05) is 44.2 Å². The van der Waals surface area contributed by atoms with Crippen molar-refractivity contribution >= 4 is 11.6 Å². The summed E-state index contributed by atoms with van der Waals surface area (Å²) in [5.41, 5.74) is 3.66. The molecular formula is C14H15N2O+. The molecule has 0 radical (unpaired) electrons. The fourth-order valence-electron chi connectivity index (χ4n) is 1.78. The van der Waals surface area contributed by atoms with Crippen LogP contribution in [0.25, 0.3) is 0 Å². The number of carbonyl (C=O) groups is 1. The second-order valence-corrected chi connectivity index (χ2v) is 4.12. The second kappa shape index (κ2) is 4.78. The van der Waals surface area contributed by atoms with E-state index in [9.17, 15) is 4.79 Å². The predicted octanol–water partition coefficient (Wildman–Crippen LogP) is 2.37. The van der Waals surface area contributed by atoms with E-state index in [-0.39, 0.29) is 5.91 Å². The Morgan fingerprint density at radius 1 is 1.06 bits per heavy atom. The first-order valence-corrected chi connectivity index (χ1v) is 5.51. The third-order valence-electron chi connectivity index (χ3n) is 2.46. The van der Waals surface area contributed by atoms with Crippen LogP contribution in [0.1, 0.15) is 21.5 Å². The van der Waals surface area contributed by atoms with E-state index in [2.05, 4.69) is 10.3 Å². The van der Waals surface area contributed by atoms with Crippen LogP contribution in [-0.4, -0.2) is 5.91 Å². The lowest BCUT2D eigenvalue weighted by molar-refractivity contribution is -0.377. The average molecular weight is 227 g/mol. The zero-order valence-electron chi connectivity index (χ0n) is 9.95. The lowest BCUT2D eigenvalue weighted by atomic mass is 10.1. The molecule has 1 amide bonds. The van der Waals surface area contributed by atoms with E-state index >= 15 is 0 Å². The number of nitrogens with one attached hydrogen (secondary N) is 2. The number of aromatic nitrogens is 1. The standard InChI is InChI=1S/C14H14N2O/c1-10-7-11(2)9-12(8-10)14(17)16-13-3-5-15-6-4-13/h3-9H,1-2H3,(H,15,16,17)/p+1. The molecule has 1 heterocycles. The van der Waals surface area contributed by atoms with Crippen LogP contribution in [0.5, 0.6) is 0 Å². The van der Waals surface area contributed by atoms with Crippen LogP contribution in [-0.2, 0) is 0 Å². The Labute approximate surface area is 101 Å². The van der Waals surface area contributed by atoms with Crippen molar-refractivity contribution in [1.29, 1.82) is 0 Å².